The maximum absolute atomic E-state index is 12.4. The largest absolute Gasteiger partial charge is 0.338 e. The summed E-state index contributed by atoms with van der Waals surface area (Å²) in [4.78, 5) is 16.2. The molecule has 2 rings (SSSR count). The van der Waals surface area contributed by atoms with Crippen LogP contribution in [0.5, 0.6) is 0 Å². The van der Waals surface area contributed by atoms with Gasteiger partial charge in [0.05, 0.1) is 18.1 Å². The Kier molecular flexibility index (Phi) is 5.04. The van der Waals surface area contributed by atoms with Crippen molar-refractivity contribution < 1.29 is 13.2 Å². The lowest BCUT2D eigenvalue weighted by atomic mass is 10.2. The van der Waals surface area contributed by atoms with E-state index < -0.39 is 9.84 Å². The predicted octanol–water partition coefficient (Wildman–Crippen LogP) is -0.684. The number of hydrogen-bond acceptors (Lipinski definition) is 5. The second-order valence-corrected chi connectivity index (χ2v) is 8.03. The van der Waals surface area contributed by atoms with Crippen LogP contribution in [0, 0.1) is 0 Å². The molecule has 2 saturated heterocycles. The molecule has 116 valence electrons. The lowest BCUT2D eigenvalue weighted by Gasteiger charge is -2.30. The second kappa shape index (κ2) is 6.41. The summed E-state index contributed by atoms with van der Waals surface area (Å²) in [7, 11) is -0.979. The fourth-order valence-electron chi connectivity index (χ4n) is 3.11. The number of amides is 1. The van der Waals surface area contributed by atoms with E-state index in [1.54, 1.807) is 4.90 Å². The van der Waals surface area contributed by atoms with Gasteiger partial charge in [0.2, 0.25) is 5.91 Å². The van der Waals surface area contributed by atoms with Crippen LogP contribution >= 0.6 is 0 Å². The van der Waals surface area contributed by atoms with Gasteiger partial charge >= 0.3 is 0 Å². The maximum Gasteiger partial charge on any atom is 0.237 e. The summed E-state index contributed by atoms with van der Waals surface area (Å²) in [5.74, 6) is 0.384. The Morgan fingerprint density at radius 1 is 1.30 bits per heavy atom. The number of hydrogen-bond donors (Lipinski definition) is 1. The van der Waals surface area contributed by atoms with Gasteiger partial charge in [-0.2, -0.15) is 0 Å². The molecule has 2 fully saturated rings. The van der Waals surface area contributed by atoms with Gasteiger partial charge in [0.25, 0.3) is 0 Å². The molecule has 0 aromatic rings. The van der Waals surface area contributed by atoms with E-state index in [1.165, 1.54) is 0 Å². The van der Waals surface area contributed by atoms with E-state index in [1.807, 2.05) is 14.0 Å². The van der Waals surface area contributed by atoms with Crippen LogP contribution < -0.4 is 5.32 Å². The number of carbonyl (C=O) groups excluding carboxylic acids is 1. The van der Waals surface area contributed by atoms with Crippen molar-refractivity contribution in [1.82, 2.24) is 15.1 Å². The minimum absolute atomic E-state index is 0.0454. The Morgan fingerprint density at radius 2 is 2.05 bits per heavy atom. The zero-order valence-electron chi connectivity index (χ0n) is 12.3. The van der Waals surface area contributed by atoms with Crippen LogP contribution in [-0.2, 0) is 14.6 Å². The molecule has 0 radical (unpaired) electrons. The molecule has 0 aromatic carbocycles. The van der Waals surface area contributed by atoms with E-state index in [9.17, 15) is 13.2 Å². The lowest BCUT2D eigenvalue weighted by Crippen LogP contribution is -2.47. The molecule has 2 aliphatic heterocycles. The molecular formula is C13H25N3O3S. The molecule has 2 aliphatic rings. The summed E-state index contributed by atoms with van der Waals surface area (Å²) in [6, 6.07) is 0.276. The first kappa shape index (κ1) is 15.7. The molecule has 2 heterocycles. The third-order valence-corrected chi connectivity index (χ3v) is 6.10. The first-order valence-electron chi connectivity index (χ1n) is 7.34. The van der Waals surface area contributed by atoms with E-state index >= 15 is 0 Å². The van der Waals surface area contributed by atoms with Crippen LogP contribution in [0.2, 0.25) is 0 Å². The number of sulfone groups is 1. The number of carbonyl (C=O) groups is 1. The molecule has 1 amide bonds. The number of rotatable bonds is 5. The molecule has 7 heteroatoms. The summed E-state index contributed by atoms with van der Waals surface area (Å²) < 4.78 is 23.1. The standard InChI is InChI=1S/C13H25N3O3S/c1-3-16(12-5-7-20(18,19)10-12)13(17)9-15(2)11-4-6-14-8-11/h11-12,14H,3-10H2,1-2H3. The van der Waals surface area contributed by atoms with E-state index in [0.717, 1.165) is 19.5 Å². The molecular weight excluding hydrogens is 278 g/mol. The first-order valence-corrected chi connectivity index (χ1v) is 9.16. The molecule has 20 heavy (non-hydrogen) atoms. The molecule has 6 nitrogen and oxygen atoms in total. The minimum Gasteiger partial charge on any atom is -0.338 e. The van der Waals surface area contributed by atoms with Crippen LogP contribution in [0.3, 0.4) is 0 Å². The number of likely N-dealkylation sites (N-methyl/N-ethyl adjacent to an activating group) is 2. The smallest absolute Gasteiger partial charge is 0.237 e. The van der Waals surface area contributed by atoms with E-state index in [-0.39, 0.29) is 23.5 Å². The Labute approximate surface area is 121 Å². The molecule has 2 atom stereocenters. The number of nitrogens with one attached hydrogen (secondary N) is 1. The molecule has 0 spiro atoms. The third kappa shape index (κ3) is 3.71. The van der Waals surface area contributed by atoms with Gasteiger partial charge in [-0.3, -0.25) is 9.69 Å². The van der Waals surface area contributed by atoms with Crippen LogP contribution in [0.4, 0.5) is 0 Å². The molecule has 0 aromatic heterocycles. The highest BCUT2D eigenvalue weighted by Crippen LogP contribution is 2.18. The third-order valence-electron chi connectivity index (χ3n) is 4.35. The van der Waals surface area contributed by atoms with Crippen molar-refractivity contribution in [2.75, 3.05) is 44.7 Å². The SMILES string of the molecule is CCN(C(=O)CN(C)C1CCNC1)C1CCS(=O)(=O)C1. The summed E-state index contributed by atoms with van der Waals surface area (Å²) >= 11 is 0. The van der Waals surface area contributed by atoms with Gasteiger partial charge in [-0.25, -0.2) is 8.42 Å². The molecule has 2 unspecified atom stereocenters. The minimum atomic E-state index is -2.95. The monoisotopic (exact) mass is 303 g/mol. The van der Waals surface area contributed by atoms with Crippen molar-refractivity contribution in [1.29, 1.82) is 0 Å². The number of nitrogens with zero attached hydrogens (tertiary/aromatic N) is 2. The van der Waals surface area contributed by atoms with Gasteiger partial charge in [0.1, 0.15) is 0 Å². The summed E-state index contributed by atoms with van der Waals surface area (Å²) in [5.41, 5.74) is 0. The summed E-state index contributed by atoms with van der Waals surface area (Å²) in [6.07, 6.45) is 1.64. The van der Waals surface area contributed by atoms with Crippen molar-refractivity contribution in [2.24, 2.45) is 0 Å². The average Bonchev–Trinajstić information content (AvgIpc) is 2.99. The topological polar surface area (TPSA) is 69.7 Å². The maximum atomic E-state index is 12.4. The highest BCUT2D eigenvalue weighted by molar-refractivity contribution is 7.91. The van der Waals surface area contributed by atoms with Crippen LogP contribution in [-0.4, -0.2) is 80.9 Å². The molecule has 0 bridgehead atoms. The normalized spacial score (nSPS) is 28.9. The summed E-state index contributed by atoms with van der Waals surface area (Å²) in [6.45, 7) is 4.79. The van der Waals surface area contributed by atoms with Gasteiger partial charge in [0, 0.05) is 25.2 Å². The van der Waals surface area contributed by atoms with Gasteiger partial charge in [-0.1, -0.05) is 0 Å². The Morgan fingerprint density at radius 3 is 2.55 bits per heavy atom. The Hall–Kier alpha value is -0.660. The Bertz CT molecular complexity index is 446. The van der Waals surface area contributed by atoms with Crippen LogP contribution in [0.15, 0.2) is 0 Å². The first-order chi connectivity index (χ1) is 9.43. The average molecular weight is 303 g/mol. The van der Waals surface area contributed by atoms with E-state index in [2.05, 4.69) is 10.2 Å². The van der Waals surface area contributed by atoms with E-state index in [0.29, 0.717) is 25.6 Å². The second-order valence-electron chi connectivity index (χ2n) is 5.80. The van der Waals surface area contributed by atoms with Gasteiger partial charge in [0.15, 0.2) is 9.84 Å². The van der Waals surface area contributed by atoms with E-state index in [4.69, 9.17) is 0 Å². The highest BCUT2D eigenvalue weighted by Gasteiger charge is 2.34. The highest BCUT2D eigenvalue weighted by atomic mass is 32.2. The fraction of sp³-hybridized carbons (Fsp3) is 0.923. The van der Waals surface area contributed by atoms with Crippen LogP contribution in [0.25, 0.3) is 0 Å². The van der Waals surface area contributed by atoms with Crippen molar-refractivity contribution in [2.45, 2.75) is 31.8 Å². The zero-order valence-corrected chi connectivity index (χ0v) is 13.2. The lowest BCUT2D eigenvalue weighted by molar-refractivity contribution is -0.134. The molecule has 0 aliphatic carbocycles. The van der Waals surface area contributed by atoms with Crippen molar-refractivity contribution in [3.05, 3.63) is 0 Å². The molecule has 0 saturated carbocycles. The Balaban J connectivity index is 1.92. The van der Waals surface area contributed by atoms with Gasteiger partial charge in [-0.15, -0.1) is 0 Å². The van der Waals surface area contributed by atoms with Crippen molar-refractivity contribution in [3.63, 3.8) is 0 Å². The van der Waals surface area contributed by atoms with Gasteiger partial charge in [-0.05, 0) is 33.4 Å². The fourth-order valence-corrected chi connectivity index (χ4v) is 4.84. The predicted molar refractivity (Wildman–Crippen MR) is 78.4 cm³/mol. The van der Waals surface area contributed by atoms with Crippen molar-refractivity contribution >= 4 is 15.7 Å². The quantitative estimate of drug-likeness (QED) is 0.728. The van der Waals surface area contributed by atoms with Crippen molar-refractivity contribution in [3.8, 4) is 0 Å². The molecule has 1 N–H and O–H groups in total. The van der Waals surface area contributed by atoms with Crippen LogP contribution in [0.1, 0.15) is 19.8 Å². The zero-order chi connectivity index (χ0) is 14.8. The summed E-state index contributed by atoms with van der Waals surface area (Å²) in [5, 5.41) is 3.29. The van der Waals surface area contributed by atoms with Gasteiger partial charge < -0.3 is 10.2 Å².